The summed E-state index contributed by atoms with van der Waals surface area (Å²) in [5.74, 6) is 1.65. The lowest BCUT2D eigenvalue weighted by atomic mass is 10.1. The molecule has 0 bridgehead atoms. The van der Waals surface area contributed by atoms with Crippen LogP contribution in [0.4, 0.5) is 5.69 Å². The highest BCUT2D eigenvalue weighted by Gasteiger charge is 2.13. The average Bonchev–Trinajstić information content (AvgIpc) is 3.43. The molecule has 0 aliphatic heterocycles. The molecule has 10 heteroatoms. The third-order valence-corrected chi connectivity index (χ3v) is 5.22. The minimum absolute atomic E-state index is 0.0997. The Hall–Kier alpha value is -3.53. The maximum atomic E-state index is 12.2. The van der Waals surface area contributed by atoms with Gasteiger partial charge >= 0.3 is 0 Å². The minimum atomic E-state index is -0.0997. The maximum absolute atomic E-state index is 12.2. The van der Waals surface area contributed by atoms with Crippen LogP contribution in [0.25, 0.3) is 11.5 Å². The van der Waals surface area contributed by atoms with Crippen LogP contribution in [0.1, 0.15) is 29.3 Å². The van der Waals surface area contributed by atoms with E-state index in [9.17, 15) is 4.79 Å². The Labute approximate surface area is 182 Å². The van der Waals surface area contributed by atoms with E-state index in [4.69, 9.17) is 8.94 Å². The Morgan fingerprint density at radius 1 is 1.13 bits per heavy atom. The first-order valence-electron chi connectivity index (χ1n) is 9.62. The second kappa shape index (κ2) is 9.52. The number of anilines is 1. The molecule has 0 saturated carbocycles. The molecule has 1 amide bonds. The summed E-state index contributed by atoms with van der Waals surface area (Å²) in [7, 11) is 0. The van der Waals surface area contributed by atoms with Crippen molar-refractivity contribution in [3.63, 3.8) is 0 Å². The number of hydrogen-bond donors (Lipinski definition) is 1. The van der Waals surface area contributed by atoms with E-state index in [1.807, 2.05) is 32.0 Å². The summed E-state index contributed by atoms with van der Waals surface area (Å²) in [4.78, 5) is 20.5. The number of aromatic nitrogens is 5. The summed E-state index contributed by atoms with van der Waals surface area (Å²) < 4.78 is 10.9. The van der Waals surface area contributed by atoms with Crippen molar-refractivity contribution in [3.8, 4) is 11.5 Å². The van der Waals surface area contributed by atoms with Gasteiger partial charge in [-0.25, -0.2) is 0 Å². The molecule has 4 aromatic rings. The van der Waals surface area contributed by atoms with Gasteiger partial charge in [0, 0.05) is 36.5 Å². The first kappa shape index (κ1) is 20.7. The molecule has 9 nitrogen and oxygen atoms in total. The van der Waals surface area contributed by atoms with Crippen LogP contribution in [-0.2, 0) is 17.0 Å². The summed E-state index contributed by atoms with van der Waals surface area (Å²) in [5, 5.41) is 15.3. The standard InChI is InChI=1S/C21H20N6O3S/c1-13-3-4-14(2)16(11-13)23-18(28)5-6-19-24-17(27-30-19)12-31-21-26-25-20(29-21)15-7-9-22-10-8-15/h3-4,7-11H,5-6,12H2,1-2H3,(H,23,28). The van der Waals surface area contributed by atoms with Gasteiger partial charge in [0.05, 0.1) is 5.75 Å². The fraction of sp³-hybridized carbons (Fsp3) is 0.238. The summed E-state index contributed by atoms with van der Waals surface area (Å²) in [5.41, 5.74) is 3.73. The molecular weight excluding hydrogens is 416 g/mol. The van der Waals surface area contributed by atoms with Crippen molar-refractivity contribution >= 4 is 23.4 Å². The number of amides is 1. The lowest BCUT2D eigenvalue weighted by molar-refractivity contribution is -0.116. The summed E-state index contributed by atoms with van der Waals surface area (Å²) in [6.07, 6.45) is 3.94. The largest absolute Gasteiger partial charge is 0.411 e. The zero-order valence-electron chi connectivity index (χ0n) is 17.0. The Balaban J connectivity index is 1.26. The third-order valence-electron chi connectivity index (χ3n) is 4.40. The molecule has 1 aromatic carbocycles. The van der Waals surface area contributed by atoms with E-state index in [1.54, 1.807) is 24.5 Å². The van der Waals surface area contributed by atoms with Crippen molar-refractivity contribution in [2.45, 2.75) is 37.7 Å². The minimum Gasteiger partial charge on any atom is -0.411 e. The van der Waals surface area contributed by atoms with Gasteiger partial charge in [-0.05, 0) is 43.2 Å². The van der Waals surface area contributed by atoms with E-state index in [-0.39, 0.29) is 12.3 Å². The van der Waals surface area contributed by atoms with E-state index < -0.39 is 0 Å². The number of hydrogen-bond acceptors (Lipinski definition) is 9. The van der Waals surface area contributed by atoms with Crippen LogP contribution in [-0.4, -0.2) is 31.2 Å². The Bertz CT molecular complexity index is 1170. The van der Waals surface area contributed by atoms with Crippen LogP contribution in [0.15, 0.2) is 56.9 Å². The number of pyridine rings is 1. The summed E-state index contributed by atoms with van der Waals surface area (Å²) >= 11 is 1.31. The highest BCUT2D eigenvalue weighted by Crippen LogP contribution is 2.24. The van der Waals surface area contributed by atoms with Crippen molar-refractivity contribution in [2.75, 3.05) is 5.32 Å². The van der Waals surface area contributed by atoms with Crippen LogP contribution in [0.3, 0.4) is 0 Å². The van der Waals surface area contributed by atoms with E-state index >= 15 is 0 Å². The molecule has 0 aliphatic rings. The number of thioether (sulfide) groups is 1. The fourth-order valence-electron chi connectivity index (χ4n) is 2.76. The highest BCUT2D eigenvalue weighted by molar-refractivity contribution is 7.98. The number of carbonyl (C=O) groups is 1. The van der Waals surface area contributed by atoms with Crippen LogP contribution in [0, 0.1) is 13.8 Å². The normalized spacial score (nSPS) is 10.9. The smallest absolute Gasteiger partial charge is 0.277 e. The number of nitrogens with one attached hydrogen (secondary N) is 1. The van der Waals surface area contributed by atoms with E-state index in [0.717, 1.165) is 22.4 Å². The van der Waals surface area contributed by atoms with Crippen molar-refractivity contribution in [3.05, 3.63) is 65.6 Å². The molecule has 0 fully saturated rings. The first-order valence-corrected chi connectivity index (χ1v) is 10.6. The van der Waals surface area contributed by atoms with Gasteiger partial charge in [0.25, 0.3) is 5.22 Å². The Morgan fingerprint density at radius 2 is 1.97 bits per heavy atom. The monoisotopic (exact) mass is 436 g/mol. The fourth-order valence-corrected chi connectivity index (χ4v) is 3.37. The summed E-state index contributed by atoms with van der Waals surface area (Å²) in [6.45, 7) is 3.95. The lowest BCUT2D eigenvalue weighted by Crippen LogP contribution is -2.13. The van der Waals surface area contributed by atoms with Crippen molar-refractivity contribution in [1.82, 2.24) is 25.3 Å². The van der Waals surface area contributed by atoms with Crippen LogP contribution < -0.4 is 5.32 Å². The molecule has 0 radical (unpaired) electrons. The molecule has 31 heavy (non-hydrogen) atoms. The zero-order chi connectivity index (χ0) is 21.6. The van der Waals surface area contributed by atoms with Gasteiger partial charge in [0.1, 0.15) is 0 Å². The first-order chi connectivity index (χ1) is 15.1. The third kappa shape index (κ3) is 5.54. The average molecular weight is 436 g/mol. The molecule has 4 rings (SSSR count). The van der Waals surface area contributed by atoms with E-state index in [2.05, 4.69) is 30.6 Å². The Morgan fingerprint density at radius 3 is 2.81 bits per heavy atom. The van der Waals surface area contributed by atoms with Gasteiger partial charge in [0.15, 0.2) is 5.82 Å². The second-order valence-corrected chi connectivity index (χ2v) is 7.80. The van der Waals surface area contributed by atoms with Crippen molar-refractivity contribution in [1.29, 1.82) is 0 Å². The van der Waals surface area contributed by atoms with Crippen molar-refractivity contribution < 1.29 is 13.7 Å². The van der Waals surface area contributed by atoms with Gasteiger partial charge < -0.3 is 14.3 Å². The van der Waals surface area contributed by atoms with Crippen LogP contribution in [0.5, 0.6) is 0 Å². The number of carbonyl (C=O) groups excluding carboxylic acids is 1. The molecular formula is C21H20N6O3S. The van der Waals surface area contributed by atoms with Crippen molar-refractivity contribution in [2.24, 2.45) is 0 Å². The second-order valence-electron chi connectivity index (χ2n) is 6.87. The maximum Gasteiger partial charge on any atom is 0.277 e. The molecule has 3 aromatic heterocycles. The molecule has 0 saturated heterocycles. The highest BCUT2D eigenvalue weighted by atomic mass is 32.2. The summed E-state index contributed by atoms with van der Waals surface area (Å²) in [6, 6.07) is 9.54. The molecule has 0 aliphatic carbocycles. The van der Waals surface area contributed by atoms with Gasteiger partial charge in [-0.2, -0.15) is 4.98 Å². The molecule has 0 unspecified atom stereocenters. The molecule has 158 valence electrons. The number of benzene rings is 1. The Kier molecular flexibility index (Phi) is 6.37. The van der Waals surface area contributed by atoms with Gasteiger partial charge in [-0.1, -0.05) is 29.1 Å². The quantitative estimate of drug-likeness (QED) is 0.409. The topological polar surface area (TPSA) is 120 Å². The number of nitrogens with zero attached hydrogens (tertiary/aromatic N) is 5. The number of rotatable bonds is 8. The van der Waals surface area contributed by atoms with Gasteiger partial charge in [-0.15, -0.1) is 10.2 Å². The molecule has 3 heterocycles. The molecule has 0 atom stereocenters. The number of aryl methyl sites for hydroxylation is 3. The lowest BCUT2D eigenvalue weighted by Gasteiger charge is -2.08. The molecule has 0 spiro atoms. The van der Waals surface area contributed by atoms with Crippen LogP contribution >= 0.6 is 11.8 Å². The van der Waals surface area contributed by atoms with E-state index in [0.29, 0.717) is 35.0 Å². The van der Waals surface area contributed by atoms with Gasteiger partial charge in [-0.3, -0.25) is 9.78 Å². The van der Waals surface area contributed by atoms with Crippen LogP contribution in [0.2, 0.25) is 0 Å². The predicted octanol–water partition coefficient (Wildman–Crippen LogP) is 4.00. The predicted molar refractivity (Wildman–Crippen MR) is 114 cm³/mol. The van der Waals surface area contributed by atoms with Gasteiger partial charge in [0.2, 0.25) is 17.7 Å². The SMILES string of the molecule is Cc1ccc(C)c(NC(=O)CCc2nc(CSc3nnc(-c4ccncc4)o3)no2)c1. The zero-order valence-corrected chi connectivity index (χ0v) is 17.8. The van der Waals surface area contributed by atoms with E-state index in [1.165, 1.54) is 11.8 Å². The molecule has 1 N–H and O–H groups in total.